The van der Waals surface area contributed by atoms with Crippen LogP contribution in [0.3, 0.4) is 0 Å². The smallest absolute Gasteiger partial charge is 0.262 e. The molecular weight excluding hydrogens is 401 g/mol. The van der Waals surface area contributed by atoms with Crippen LogP contribution in [0.2, 0.25) is 0 Å². The third kappa shape index (κ3) is 6.40. The summed E-state index contributed by atoms with van der Waals surface area (Å²) in [4.78, 5) is 24.9. The van der Waals surface area contributed by atoms with Gasteiger partial charge in [-0.1, -0.05) is 19.9 Å². The Balaban J connectivity index is 2.10. The molecule has 2 rings (SSSR count). The molecule has 31 heavy (non-hydrogen) atoms. The monoisotopic (exact) mass is 427 g/mol. The number of nitrogens with one attached hydrogen (secondary N) is 2. The number of phenols is 1. The van der Waals surface area contributed by atoms with Crippen LogP contribution >= 0.6 is 0 Å². The van der Waals surface area contributed by atoms with Gasteiger partial charge in [0.25, 0.3) is 11.8 Å². The molecule has 8 heteroatoms. The number of ether oxygens (including phenoxy) is 1. The van der Waals surface area contributed by atoms with E-state index in [1.54, 1.807) is 32.1 Å². The lowest BCUT2D eigenvalue weighted by molar-refractivity contribution is -0.123. The fraction of sp³-hybridized carbons (Fsp3) is 0.261. The number of hydrazone groups is 1. The van der Waals surface area contributed by atoms with Gasteiger partial charge in [0.15, 0.2) is 11.5 Å². The molecule has 0 radical (unpaired) electrons. The Bertz CT molecular complexity index is 972. The minimum atomic E-state index is -0.847. The highest BCUT2D eigenvalue weighted by molar-refractivity contribution is 5.97. The minimum Gasteiger partial charge on any atom is -0.504 e. The number of hydrogen-bond donors (Lipinski definition) is 3. The van der Waals surface area contributed by atoms with Crippen molar-refractivity contribution in [3.63, 3.8) is 0 Å². The molecule has 0 bridgehead atoms. The van der Waals surface area contributed by atoms with E-state index in [9.17, 15) is 19.1 Å². The molecule has 2 aromatic carbocycles. The maximum atomic E-state index is 13.0. The Kier molecular flexibility index (Phi) is 8.31. The van der Waals surface area contributed by atoms with Crippen LogP contribution in [0.25, 0.3) is 0 Å². The summed E-state index contributed by atoms with van der Waals surface area (Å²) in [5, 5.41) is 16.7. The molecule has 2 aromatic rings. The topological polar surface area (TPSA) is 100 Å². The molecular formula is C23H26FN3O4. The molecule has 0 fully saturated rings. The maximum Gasteiger partial charge on any atom is 0.262 e. The van der Waals surface area contributed by atoms with Crippen molar-refractivity contribution in [1.82, 2.24) is 10.7 Å². The second-order valence-corrected chi connectivity index (χ2v) is 7.16. The lowest BCUT2D eigenvalue weighted by atomic mass is 10.0. The van der Waals surface area contributed by atoms with E-state index in [0.29, 0.717) is 17.5 Å². The highest BCUT2D eigenvalue weighted by Crippen LogP contribution is 2.31. The number of nitrogens with zero attached hydrogens (tertiary/aromatic N) is 1. The van der Waals surface area contributed by atoms with E-state index < -0.39 is 23.7 Å². The number of phenolic OH excluding ortho intramolecular Hbond substituents is 1. The van der Waals surface area contributed by atoms with E-state index >= 15 is 0 Å². The fourth-order valence-corrected chi connectivity index (χ4v) is 2.83. The first kappa shape index (κ1) is 23.6. The van der Waals surface area contributed by atoms with Gasteiger partial charge in [0, 0.05) is 11.1 Å². The van der Waals surface area contributed by atoms with Gasteiger partial charge in [-0.05, 0) is 54.3 Å². The van der Waals surface area contributed by atoms with Crippen molar-refractivity contribution in [1.29, 1.82) is 0 Å². The maximum absolute atomic E-state index is 13.0. The van der Waals surface area contributed by atoms with Gasteiger partial charge in [-0.15, -0.1) is 6.58 Å². The number of carbonyl (C=O) groups is 2. The lowest BCUT2D eigenvalue weighted by Gasteiger charge is -2.20. The number of amides is 2. The Morgan fingerprint density at radius 3 is 2.52 bits per heavy atom. The Labute approximate surface area is 180 Å². The first-order chi connectivity index (χ1) is 14.8. The van der Waals surface area contributed by atoms with E-state index in [2.05, 4.69) is 22.4 Å². The third-order valence-electron chi connectivity index (χ3n) is 4.49. The molecule has 0 heterocycles. The zero-order chi connectivity index (χ0) is 23.0. The zero-order valence-corrected chi connectivity index (χ0v) is 17.7. The molecule has 1 atom stereocenters. The van der Waals surface area contributed by atoms with E-state index in [0.717, 1.165) is 0 Å². The van der Waals surface area contributed by atoms with Gasteiger partial charge in [0.2, 0.25) is 0 Å². The number of rotatable bonds is 9. The number of benzene rings is 2. The average Bonchev–Trinajstić information content (AvgIpc) is 2.74. The summed E-state index contributed by atoms with van der Waals surface area (Å²) in [5.41, 5.74) is 3.86. The SMILES string of the molecule is C=CCc1cc(/C=N/NC(=O)C(NC(=O)c2ccc(F)cc2)C(C)C)cc(OC)c1O. The molecule has 0 saturated heterocycles. The molecule has 0 aliphatic carbocycles. The summed E-state index contributed by atoms with van der Waals surface area (Å²) in [5.74, 6) is -1.36. The molecule has 0 aliphatic rings. The standard InChI is InChI=1S/C23H26FN3O4/c1-5-6-17-11-15(12-19(31-4)21(17)28)13-25-27-23(30)20(14(2)3)26-22(29)16-7-9-18(24)10-8-16/h5,7-14,20,28H,1,6H2,2-4H3,(H,26,29)(H,27,30)/b25-13+. The number of aromatic hydroxyl groups is 1. The van der Waals surface area contributed by atoms with Crippen molar-refractivity contribution < 1.29 is 23.8 Å². The second kappa shape index (κ2) is 10.9. The first-order valence-corrected chi connectivity index (χ1v) is 9.67. The molecule has 1 unspecified atom stereocenters. The van der Waals surface area contributed by atoms with E-state index in [4.69, 9.17) is 4.74 Å². The van der Waals surface area contributed by atoms with Gasteiger partial charge in [-0.2, -0.15) is 5.10 Å². The Morgan fingerprint density at radius 2 is 1.94 bits per heavy atom. The molecule has 3 N–H and O–H groups in total. The van der Waals surface area contributed by atoms with Crippen molar-refractivity contribution in [3.05, 3.63) is 71.6 Å². The summed E-state index contributed by atoms with van der Waals surface area (Å²) in [6.07, 6.45) is 3.49. The predicted molar refractivity (Wildman–Crippen MR) is 117 cm³/mol. The normalized spacial score (nSPS) is 11.9. The van der Waals surface area contributed by atoms with Crippen molar-refractivity contribution in [2.75, 3.05) is 7.11 Å². The van der Waals surface area contributed by atoms with Crippen LogP contribution in [0.4, 0.5) is 4.39 Å². The summed E-state index contributed by atoms with van der Waals surface area (Å²) in [6, 6.07) is 7.47. The summed E-state index contributed by atoms with van der Waals surface area (Å²) >= 11 is 0. The average molecular weight is 427 g/mol. The molecule has 0 aromatic heterocycles. The van der Waals surface area contributed by atoms with Crippen molar-refractivity contribution >= 4 is 18.0 Å². The van der Waals surface area contributed by atoms with E-state index in [1.807, 2.05) is 0 Å². The van der Waals surface area contributed by atoms with Crippen molar-refractivity contribution in [2.24, 2.45) is 11.0 Å². The van der Waals surface area contributed by atoms with Crippen molar-refractivity contribution in [2.45, 2.75) is 26.3 Å². The van der Waals surface area contributed by atoms with Gasteiger partial charge in [0.1, 0.15) is 11.9 Å². The second-order valence-electron chi connectivity index (χ2n) is 7.16. The van der Waals surface area contributed by atoms with Crippen LogP contribution in [0.15, 0.2) is 54.2 Å². The number of hydrogen-bond acceptors (Lipinski definition) is 5. The Morgan fingerprint density at radius 1 is 1.26 bits per heavy atom. The Hall–Kier alpha value is -3.68. The summed E-state index contributed by atoms with van der Waals surface area (Å²) in [7, 11) is 1.44. The number of halogens is 1. The molecule has 2 amide bonds. The molecule has 7 nitrogen and oxygen atoms in total. The van der Waals surface area contributed by atoms with Gasteiger partial charge < -0.3 is 15.2 Å². The number of allylic oxidation sites excluding steroid dienone is 1. The van der Waals surface area contributed by atoms with E-state index in [1.165, 1.54) is 37.6 Å². The van der Waals surface area contributed by atoms with Crippen LogP contribution < -0.4 is 15.5 Å². The highest BCUT2D eigenvalue weighted by atomic mass is 19.1. The van der Waals surface area contributed by atoms with Gasteiger partial charge >= 0.3 is 0 Å². The highest BCUT2D eigenvalue weighted by Gasteiger charge is 2.24. The number of methoxy groups -OCH3 is 1. The van der Waals surface area contributed by atoms with Crippen LogP contribution in [-0.2, 0) is 11.2 Å². The molecule has 164 valence electrons. The van der Waals surface area contributed by atoms with Crippen LogP contribution in [-0.4, -0.2) is 36.3 Å². The quantitative estimate of drug-likeness (QED) is 0.325. The van der Waals surface area contributed by atoms with Crippen LogP contribution in [0.5, 0.6) is 11.5 Å². The minimum absolute atomic E-state index is 0.0203. The van der Waals surface area contributed by atoms with Gasteiger partial charge in [0.05, 0.1) is 13.3 Å². The molecule has 0 spiro atoms. The predicted octanol–water partition coefficient (Wildman–Crippen LogP) is 3.17. The third-order valence-corrected chi connectivity index (χ3v) is 4.49. The van der Waals surface area contributed by atoms with Gasteiger partial charge in [-0.25, -0.2) is 9.82 Å². The molecule has 0 aliphatic heterocycles. The fourth-order valence-electron chi connectivity index (χ4n) is 2.83. The first-order valence-electron chi connectivity index (χ1n) is 9.67. The van der Waals surface area contributed by atoms with Crippen molar-refractivity contribution in [3.8, 4) is 11.5 Å². The summed E-state index contributed by atoms with van der Waals surface area (Å²) in [6.45, 7) is 7.22. The van der Waals surface area contributed by atoms with Gasteiger partial charge in [-0.3, -0.25) is 9.59 Å². The lowest BCUT2D eigenvalue weighted by Crippen LogP contribution is -2.48. The van der Waals surface area contributed by atoms with Crippen LogP contribution in [0.1, 0.15) is 35.3 Å². The summed E-state index contributed by atoms with van der Waals surface area (Å²) < 4.78 is 18.2. The molecule has 0 saturated carbocycles. The number of carbonyl (C=O) groups excluding carboxylic acids is 2. The van der Waals surface area contributed by atoms with Crippen LogP contribution in [0, 0.1) is 11.7 Å². The zero-order valence-electron chi connectivity index (χ0n) is 17.7. The van der Waals surface area contributed by atoms with E-state index in [-0.39, 0.29) is 23.0 Å². The largest absolute Gasteiger partial charge is 0.504 e.